The van der Waals surface area contributed by atoms with Crippen molar-refractivity contribution < 1.29 is 31.1 Å². The molecule has 0 aromatic heterocycles. The van der Waals surface area contributed by atoms with Crippen molar-refractivity contribution in [3.8, 4) is 0 Å². The van der Waals surface area contributed by atoms with Gasteiger partial charge in [0.2, 0.25) is 0 Å². The normalized spacial score (nSPS) is 23.1. The fourth-order valence-electron chi connectivity index (χ4n) is 5.75. The summed E-state index contributed by atoms with van der Waals surface area (Å²) in [5.74, 6) is -0.924. The summed E-state index contributed by atoms with van der Waals surface area (Å²) in [6, 6.07) is 16.2. The Hall–Kier alpha value is -3.63. The lowest BCUT2D eigenvalue weighted by molar-refractivity contribution is -0.143. The summed E-state index contributed by atoms with van der Waals surface area (Å²) < 4.78 is 80.3. The zero-order chi connectivity index (χ0) is 28.7. The number of nitrogens with zero attached hydrogens (tertiary/aromatic N) is 2. The number of fused-ring (bicyclic) bond motifs is 1. The molecular formula is C30H26F6N2O2. The Morgan fingerprint density at radius 3 is 2.17 bits per heavy atom. The lowest BCUT2D eigenvalue weighted by atomic mass is 9.88. The number of alkyl halides is 6. The second-order valence-corrected chi connectivity index (χ2v) is 10.3. The zero-order valence-electron chi connectivity index (χ0n) is 21.3. The SMILES string of the molecule is O=C(c1cc(C(F)(F)F)cc(C(F)(F)F)c1)N1CC[C@H]([N+]2([O-])CC=Cc3ccccc32)C[C@H]1Cc1ccccc1. The maximum absolute atomic E-state index is 14.3. The topological polar surface area (TPSA) is 43.4 Å². The Labute approximate surface area is 227 Å². The summed E-state index contributed by atoms with van der Waals surface area (Å²) >= 11 is 0. The van der Waals surface area contributed by atoms with Crippen LogP contribution in [-0.2, 0) is 18.8 Å². The molecule has 3 atom stereocenters. The van der Waals surface area contributed by atoms with Crippen LogP contribution in [-0.4, -0.2) is 36.0 Å². The third-order valence-corrected chi connectivity index (χ3v) is 7.71. The molecule has 0 bridgehead atoms. The van der Waals surface area contributed by atoms with E-state index in [0.29, 0.717) is 24.2 Å². The number of quaternary nitrogens is 1. The fourth-order valence-corrected chi connectivity index (χ4v) is 5.75. The smallest absolute Gasteiger partial charge is 0.416 e. The molecule has 2 aliphatic heterocycles. The van der Waals surface area contributed by atoms with Gasteiger partial charge in [-0.05, 0) is 48.4 Å². The quantitative estimate of drug-likeness (QED) is 0.189. The van der Waals surface area contributed by atoms with Crippen molar-refractivity contribution in [3.05, 3.63) is 112 Å². The molecule has 1 saturated heterocycles. The van der Waals surface area contributed by atoms with Gasteiger partial charge in [0.15, 0.2) is 0 Å². The van der Waals surface area contributed by atoms with Crippen molar-refractivity contribution >= 4 is 17.7 Å². The number of hydrogen-bond acceptors (Lipinski definition) is 2. The molecule has 0 saturated carbocycles. The lowest BCUT2D eigenvalue weighted by Gasteiger charge is -2.53. The minimum Gasteiger partial charge on any atom is -0.627 e. The van der Waals surface area contributed by atoms with Gasteiger partial charge in [-0.1, -0.05) is 42.5 Å². The molecule has 1 amide bonds. The lowest BCUT2D eigenvalue weighted by Crippen LogP contribution is -2.60. The van der Waals surface area contributed by atoms with Crippen molar-refractivity contribution in [1.82, 2.24) is 9.55 Å². The number of benzene rings is 3. The predicted molar refractivity (Wildman–Crippen MR) is 140 cm³/mol. The van der Waals surface area contributed by atoms with E-state index in [2.05, 4.69) is 0 Å². The molecule has 5 rings (SSSR count). The molecular weight excluding hydrogens is 534 g/mol. The average molecular weight is 561 g/mol. The molecule has 0 radical (unpaired) electrons. The van der Waals surface area contributed by atoms with Gasteiger partial charge in [-0.3, -0.25) is 4.79 Å². The van der Waals surface area contributed by atoms with E-state index in [1.165, 1.54) is 4.90 Å². The molecule has 2 heterocycles. The number of hydrogen-bond donors (Lipinski definition) is 0. The van der Waals surface area contributed by atoms with Gasteiger partial charge in [0, 0.05) is 42.6 Å². The zero-order valence-corrected chi connectivity index (χ0v) is 21.3. The van der Waals surface area contributed by atoms with Crippen LogP contribution >= 0.6 is 0 Å². The summed E-state index contributed by atoms with van der Waals surface area (Å²) in [4.78, 5) is 14.9. The van der Waals surface area contributed by atoms with Gasteiger partial charge in [-0.25, -0.2) is 0 Å². The number of carbonyl (C=O) groups excluding carboxylic acids is 1. The minimum absolute atomic E-state index is 0.0111. The van der Waals surface area contributed by atoms with Gasteiger partial charge in [0.1, 0.15) is 12.2 Å². The van der Waals surface area contributed by atoms with Crippen molar-refractivity contribution in [2.24, 2.45) is 0 Å². The number of piperidine rings is 1. The summed E-state index contributed by atoms with van der Waals surface area (Å²) in [5, 5.41) is 14.3. The Morgan fingerprint density at radius 2 is 1.52 bits per heavy atom. The number of halogens is 6. The van der Waals surface area contributed by atoms with Crippen LogP contribution in [0.4, 0.5) is 32.0 Å². The number of amides is 1. The maximum atomic E-state index is 14.3. The third kappa shape index (κ3) is 5.51. The van der Waals surface area contributed by atoms with E-state index in [0.717, 1.165) is 11.1 Å². The molecule has 2 aliphatic rings. The Morgan fingerprint density at radius 1 is 0.900 bits per heavy atom. The highest BCUT2D eigenvalue weighted by Gasteiger charge is 2.43. The van der Waals surface area contributed by atoms with Crippen LogP contribution < -0.4 is 4.65 Å². The highest BCUT2D eigenvalue weighted by atomic mass is 19.4. The van der Waals surface area contributed by atoms with Gasteiger partial charge >= 0.3 is 12.4 Å². The van der Waals surface area contributed by atoms with Gasteiger partial charge < -0.3 is 14.8 Å². The highest BCUT2D eigenvalue weighted by molar-refractivity contribution is 5.95. The van der Waals surface area contributed by atoms with Crippen molar-refractivity contribution in [2.75, 3.05) is 13.1 Å². The standard InChI is InChI=1S/C30H26F6N2O2/c31-29(32,33)23-16-22(17-24(18-23)30(34,35)36)28(39)37-13-12-26(19-25(37)15-20-7-2-1-3-8-20)38(40)14-6-10-21-9-4-5-11-27(21)38/h1-11,16-18,25-26H,12-15,19H2/t25-,26+,38?/m1/s1. The first-order valence-corrected chi connectivity index (χ1v) is 12.9. The Bertz CT molecular complexity index is 1390. The first-order valence-electron chi connectivity index (χ1n) is 12.9. The molecule has 1 unspecified atom stereocenters. The minimum atomic E-state index is -5.07. The van der Waals surface area contributed by atoms with Gasteiger partial charge in [0.25, 0.3) is 5.91 Å². The van der Waals surface area contributed by atoms with Crippen LogP contribution in [0.5, 0.6) is 0 Å². The summed E-state index contributed by atoms with van der Waals surface area (Å²) in [5.41, 5.74) is -1.54. The van der Waals surface area contributed by atoms with Crippen molar-refractivity contribution in [3.63, 3.8) is 0 Å². The maximum Gasteiger partial charge on any atom is 0.416 e. The summed E-state index contributed by atoms with van der Waals surface area (Å²) in [6.45, 7) is 0.211. The molecule has 40 heavy (non-hydrogen) atoms. The first-order chi connectivity index (χ1) is 18.9. The van der Waals surface area contributed by atoms with E-state index >= 15 is 0 Å². The first kappa shape index (κ1) is 27.9. The molecule has 3 aromatic rings. The number of likely N-dealkylation sites (tertiary alicyclic amines) is 1. The number of hydroxylamine groups is 2. The van der Waals surface area contributed by atoms with Gasteiger partial charge in [0.05, 0.1) is 17.2 Å². The monoisotopic (exact) mass is 560 g/mol. The highest BCUT2D eigenvalue weighted by Crippen LogP contribution is 2.40. The largest absolute Gasteiger partial charge is 0.627 e. The Kier molecular flexibility index (Phi) is 7.26. The van der Waals surface area contributed by atoms with E-state index in [1.807, 2.05) is 36.4 Å². The van der Waals surface area contributed by atoms with E-state index in [4.69, 9.17) is 0 Å². The van der Waals surface area contributed by atoms with Crippen LogP contribution in [0.1, 0.15) is 45.5 Å². The van der Waals surface area contributed by atoms with Gasteiger partial charge in [-0.2, -0.15) is 26.3 Å². The summed E-state index contributed by atoms with van der Waals surface area (Å²) in [7, 11) is 0. The molecule has 210 valence electrons. The fraction of sp³-hybridized carbons (Fsp3) is 0.300. The van der Waals surface area contributed by atoms with Crippen LogP contribution in [0, 0.1) is 5.21 Å². The molecule has 4 nitrogen and oxygen atoms in total. The molecule has 10 heteroatoms. The Balaban J connectivity index is 1.51. The molecule has 0 aliphatic carbocycles. The van der Waals surface area contributed by atoms with E-state index < -0.39 is 51.7 Å². The second kappa shape index (κ2) is 10.4. The summed E-state index contributed by atoms with van der Waals surface area (Å²) in [6.07, 6.45) is -5.67. The van der Waals surface area contributed by atoms with Crippen LogP contribution in [0.2, 0.25) is 0 Å². The molecule has 0 N–H and O–H groups in total. The van der Waals surface area contributed by atoms with Crippen LogP contribution in [0.15, 0.2) is 78.9 Å². The predicted octanol–water partition coefficient (Wildman–Crippen LogP) is 7.47. The molecule has 1 fully saturated rings. The van der Waals surface area contributed by atoms with E-state index in [-0.39, 0.29) is 32.0 Å². The van der Waals surface area contributed by atoms with Crippen molar-refractivity contribution in [2.45, 2.75) is 43.7 Å². The van der Waals surface area contributed by atoms with E-state index in [1.54, 1.807) is 30.3 Å². The van der Waals surface area contributed by atoms with Crippen LogP contribution in [0.3, 0.4) is 0 Å². The van der Waals surface area contributed by atoms with E-state index in [9.17, 15) is 36.3 Å². The average Bonchev–Trinajstić information content (AvgIpc) is 2.92. The van der Waals surface area contributed by atoms with Crippen LogP contribution in [0.25, 0.3) is 6.08 Å². The number of rotatable bonds is 4. The number of carbonyl (C=O) groups is 1. The van der Waals surface area contributed by atoms with Gasteiger partial charge in [-0.15, -0.1) is 0 Å². The number of para-hydroxylation sites is 1. The molecule has 3 aromatic carbocycles. The third-order valence-electron chi connectivity index (χ3n) is 7.71. The molecule has 0 spiro atoms. The van der Waals surface area contributed by atoms with Crippen molar-refractivity contribution in [1.29, 1.82) is 0 Å². The second-order valence-electron chi connectivity index (χ2n) is 10.3.